The fourth-order valence-electron chi connectivity index (χ4n) is 1.32. The summed E-state index contributed by atoms with van der Waals surface area (Å²) < 4.78 is 50.6. The van der Waals surface area contributed by atoms with E-state index in [0.717, 1.165) is 0 Å². The zero-order valence-corrected chi connectivity index (χ0v) is 7.76. The maximum Gasteiger partial charge on any atom is 0.429 e. The summed E-state index contributed by atoms with van der Waals surface area (Å²) >= 11 is 0. The highest BCUT2D eigenvalue weighted by Gasteiger charge is 2.59. The van der Waals surface area contributed by atoms with Crippen molar-refractivity contribution in [2.24, 2.45) is 0 Å². The average molecular weight is 222 g/mol. The van der Waals surface area contributed by atoms with Crippen molar-refractivity contribution in [1.82, 2.24) is 0 Å². The molecule has 0 aliphatic heterocycles. The van der Waals surface area contributed by atoms with E-state index < -0.39 is 17.9 Å². The first-order chi connectivity index (χ1) is 6.83. The lowest BCUT2D eigenvalue weighted by molar-refractivity contribution is -0.234. The second kappa shape index (κ2) is 3.81. The van der Waals surface area contributed by atoms with Crippen molar-refractivity contribution in [2.45, 2.75) is 24.4 Å². The van der Waals surface area contributed by atoms with E-state index in [1.807, 2.05) is 0 Å². The predicted molar refractivity (Wildman–Crippen MR) is 47.9 cm³/mol. The Labute approximate surface area is 84.4 Å². The van der Waals surface area contributed by atoms with Crippen molar-refractivity contribution >= 4 is 0 Å². The van der Waals surface area contributed by atoms with Crippen molar-refractivity contribution in [3.05, 3.63) is 36.5 Å². The Morgan fingerprint density at radius 3 is 2.33 bits per heavy atom. The first-order valence-corrected chi connectivity index (χ1v) is 4.26. The summed E-state index contributed by atoms with van der Waals surface area (Å²) in [6.07, 6.45) is -2.90. The van der Waals surface area contributed by atoms with Gasteiger partial charge in [-0.3, -0.25) is 0 Å². The van der Waals surface area contributed by atoms with Crippen LogP contribution in [-0.4, -0.2) is 23.1 Å². The van der Waals surface area contributed by atoms with E-state index in [9.17, 15) is 22.7 Å². The zero-order valence-electron chi connectivity index (χ0n) is 7.76. The number of aliphatic hydroxyl groups is 1. The number of halogens is 4. The Morgan fingerprint density at radius 2 is 2.00 bits per heavy atom. The third-order valence-corrected chi connectivity index (χ3v) is 2.28. The molecule has 1 N–H and O–H groups in total. The van der Waals surface area contributed by atoms with E-state index in [0.29, 0.717) is 0 Å². The van der Waals surface area contributed by atoms with Gasteiger partial charge in [-0.1, -0.05) is 24.8 Å². The monoisotopic (exact) mass is 222 g/mol. The molecule has 0 heterocycles. The number of rotatable bonds is 3. The molecule has 0 spiro atoms. The fraction of sp³-hybridized carbons (Fsp3) is 0.400. The number of allylic oxidation sites excluding steroid dienone is 3. The highest BCUT2D eigenvalue weighted by atomic mass is 19.4. The molecule has 0 saturated heterocycles. The summed E-state index contributed by atoms with van der Waals surface area (Å²) in [7, 11) is 0. The lowest BCUT2D eigenvalue weighted by Crippen LogP contribution is -2.49. The normalized spacial score (nSPS) is 22.1. The molecule has 5 heteroatoms. The van der Waals surface area contributed by atoms with E-state index in [1.165, 1.54) is 12.2 Å². The summed E-state index contributed by atoms with van der Waals surface area (Å²) in [5, 5.41) is 9.33. The molecule has 1 nitrogen and oxygen atoms in total. The molecule has 0 unspecified atom stereocenters. The summed E-state index contributed by atoms with van der Waals surface area (Å²) in [5.74, 6) is 0. The van der Waals surface area contributed by atoms with E-state index >= 15 is 0 Å². The van der Waals surface area contributed by atoms with Gasteiger partial charge in [0.2, 0.25) is 0 Å². The van der Waals surface area contributed by atoms with Gasteiger partial charge in [0.15, 0.2) is 0 Å². The van der Waals surface area contributed by atoms with Gasteiger partial charge in [0, 0.05) is 0 Å². The Hall–Kier alpha value is -1.10. The van der Waals surface area contributed by atoms with Crippen LogP contribution < -0.4 is 0 Å². The molecule has 0 aromatic heterocycles. The van der Waals surface area contributed by atoms with Crippen molar-refractivity contribution in [3.8, 4) is 0 Å². The maximum atomic E-state index is 13.5. The Kier molecular flexibility index (Phi) is 3.04. The van der Waals surface area contributed by atoms with Gasteiger partial charge in [0.25, 0.3) is 5.67 Å². The van der Waals surface area contributed by atoms with Crippen molar-refractivity contribution < 1.29 is 22.7 Å². The van der Waals surface area contributed by atoms with Gasteiger partial charge >= 0.3 is 6.18 Å². The Balaban J connectivity index is 2.97. The molecule has 1 aliphatic rings. The molecule has 0 radical (unpaired) electrons. The summed E-state index contributed by atoms with van der Waals surface area (Å²) in [4.78, 5) is 0. The van der Waals surface area contributed by atoms with Gasteiger partial charge < -0.3 is 5.11 Å². The maximum absolute atomic E-state index is 13.5. The van der Waals surface area contributed by atoms with Gasteiger partial charge in [-0.15, -0.1) is 0 Å². The highest BCUT2D eigenvalue weighted by molar-refractivity contribution is 5.31. The molecule has 0 aromatic rings. The second-order valence-electron chi connectivity index (χ2n) is 3.25. The molecule has 1 rings (SSSR count). The van der Waals surface area contributed by atoms with Crippen LogP contribution in [0.1, 0.15) is 6.42 Å². The van der Waals surface area contributed by atoms with Crippen LogP contribution in [-0.2, 0) is 0 Å². The Morgan fingerprint density at radius 1 is 1.40 bits per heavy atom. The minimum absolute atomic E-state index is 0.00488. The number of hydrogen-bond donors (Lipinski definition) is 1. The first-order valence-electron chi connectivity index (χ1n) is 4.26. The second-order valence-corrected chi connectivity index (χ2v) is 3.25. The summed E-state index contributed by atoms with van der Waals surface area (Å²) in [5.41, 5.74) is -3.79. The zero-order chi connectivity index (χ0) is 11.7. The lowest BCUT2D eigenvalue weighted by atomic mass is 9.91. The topological polar surface area (TPSA) is 20.2 Å². The van der Waals surface area contributed by atoms with Gasteiger partial charge in [-0.05, 0) is 18.1 Å². The number of alkyl halides is 4. The molecule has 1 aliphatic carbocycles. The average Bonchev–Trinajstić information content (AvgIpc) is 2.66. The van der Waals surface area contributed by atoms with Gasteiger partial charge in [0.1, 0.15) is 6.10 Å². The van der Waals surface area contributed by atoms with Gasteiger partial charge in [0.05, 0.1) is 0 Å². The predicted octanol–water partition coefficient (Wildman–Crippen LogP) is 2.69. The van der Waals surface area contributed by atoms with Crippen LogP contribution in [0.15, 0.2) is 36.5 Å². The quantitative estimate of drug-likeness (QED) is 0.575. The molecule has 15 heavy (non-hydrogen) atoms. The fourth-order valence-corrected chi connectivity index (χ4v) is 1.32. The number of aliphatic hydroxyl groups excluding tert-OH is 1. The summed E-state index contributed by atoms with van der Waals surface area (Å²) in [6, 6.07) is 0. The SMILES string of the molecule is C=C[C@@](F)([C@@H](O)C1=CC=CC1)C(F)(F)F. The first kappa shape index (κ1) is 12.0. The minimum atomic E-state index is -5.17. The van der Waals surface area contributed by atoms with Crippen molar-refractivity contribution in [1.29, 1.82) is 0 Å². The molecule has 84 valence electrons. The molecule has 0 fully saturated rings. The van der Waals surface area contributed by atoms with Crippen LogP contribution in [0.2, 0.25) is 0 Å². The minimum Gasteiger partial charge on any atom is -0.385 e. The van der Waals surface area contributed by atoms with E-state index in [1.54, 1.807) is 6.08 Å². The molecule has 0 aromatic carbocycles. The smallest absolute Gasteiger partial charge is 0.385 e. The molecule has 0 amide bonds. The van der Waals surface area contributed by atoms with E-state index in [2.05, 4.69) is 6.58 Å². The van der Waals surface area contributed by atoms with Gasteiger partial charge in [-0.25, -0.2) is 4.39 Å². The summed E-state index contributed by atoms with van der Waals surface area (Å²) in [6.45, 7) is 2.79. The third-order valence-electron chi connectivity index (χ3n) is 2.28. The van der Waals surface area contributed by atoms with Crippen molar-refractivity contribution in [3.63, 3.8) is 0 Å². The largest absolute Gasteiger partial charge is 0.429 e. The van der Waals surface area contributed by atoms with E-state index in [4.69, 9.17) is 0 Å². The molecule has 2 atom stereocenters. The number of hydrogen-bond acceptors (Lipinski definition) is 1. The van der Waals surface area contributed by atoms with Crippen LogP contribution in [0.3, 0.4) is 0 Å². The molecular formula is C10H10F4O. The van der Waals surface area contributed by atoms with Gasteiger partial charge in [-0.2, -0.15) is 13.2 Å². The Bertz CT molecular complexity index is 316. The van der Waals surface area contributed by atoms with Crippen LogP contribution >= 0.6 is 0 Å². The van der Waals surface area contributed by atoms with Crippen LogP contribution in [0.4, 0.5) is 17.6 Å². The molecule has 0 saturated carbocycles. The lowest BCUT2D eigenvalue weighted by Gasteiger charge is -2.30. The van der Waals surface area contributed by atoms with Crippen LogP contribution in [0.25, 0.3) is 0 Å². The molecule has 0 bridgehead atoms. The van der Waals surface area contributed by atoms with E-state index in [-0.39, 0.29) is 18.1 Å². The van der Waals surface area contributed by atoms with Crippen LogP contribution in [0, 0.1) is 0 Å². The third kappa shape index (κ3) is 1.97. The standard InChI is InChI=1S/C10H10F4O/c1-2-9(11,10(12,13)14)8(15)7-5-3-4-6-7/h2-5,8,15H,1,6H2/t8-,9+/m0/s1. The van der Waals surface area contributed by atoms with Crippen LogP contribution in [0.5, 0.6) is 0 Å². The van der Waals surface area contributed by atoms with Crippen molar-refractivity contribution in [2.75, 3.05) is 0 Å². The highest BCUT2D eigenvalue weighted by Crippen LogP contribution is 2.41. The molecular weight excluding hydrogens is 212 g/mol.